The molecule has 0 amide bonds. The van der Waals surface area contributed by atoms with Gasteiger partial charge in [-0.25, -0.2) is 4.98 Å². The molecule has 0 aliphatic heterocycles. The zero-order valence-electron chi connectivity index (χ0n) is 7.08. The second kappa shape index (κ2) is 3.45. The van der Waals surface area contributed by atoms with E-state index in [1.54, 1.807) is 0 Å². The molecular weight excluding hydrogens is 277 g/mol. The summed E-state index contributed by atoms with van der Waals surface area (Å²) in [4.78, 5) is 4.12. The fourth-order valence-electron chi connectivity index (χ4n) is 1.17. The summed E-state index contributed by atoms with van der Waals surface area (Å²) >= 11 is 2.32. The average molecular weight is 285 g/mol. The van der Waals surface area contributed by atoms with Crippen LogP contribution in [-0.2, 0) is 0 Å². The summed E-state index contributed by atoms with van der Waals surface area (Å²) in [5, 5.41) is 6.69. The second-order valence-corrected chi connectivity index (χ2v) is 3.85. The molecule has 3 nitrogen and oxygen atoms in total. The standard InChI is InChI=1S/C9H8IN3/c1-6-3-2-4-7(8(6)10)9-11-5-12-13-9/h2-5H,1H3,(H,11,12,13). The Hall–Kier alpha value is -0.910. The van der Waals surface area contributed by atoms with Gasteiger partial charge in [0.1, 0.15) is 6.33 Å². The van der Waals surface area contributed by atoms with Crippen molar-refractivity contribution in [3.63, 3.8) is 0 Å². The first-order chi connectivity index (χ1) is 6.29. The fourth-order valence-corrected chi connectivity index (χ4v) is 1.78. The highest BCUT2D eigenvalue weighted by Gasteiger charge is 2.06. The molecule has 1 aromatic heterocycles. The number of rotatable bonds is 1. The molecule has 0 aliphatic rings. The van der Waals surface area contributed by atoms with Crippen LogP contribution in [0.1, 0.15) is 5.56 Å². The zero-order valence-corrected chi connectivity index (χ0v) is 9.24. The van der Waals surface area contributed by atoms with Crippen LogP contribution in [0.15, 0.2) is 24.5 Å². The Morgan fingerprint density at radius 2 is 2.23 bits per heavy atom. The van der Waals surface area contributed by atoms with Crippen molar-refractivity contribution in [1.29, 1.82) is 0 Å². The van der Waals surface area contributed by atoms with Crippen LogP contribution in [0.25, 0.3) is 11.4 Å². The predicted molar refractivity (Wildman–Crippen MR) is 59.3 cm³/mol. The monoisotopic (exact) mass is 285 g/mol. The minimum Gasteiger partial charge on any atom is -0.259 e. The van der Waals surface area contributed by atoms with Gasteiger partial charge < -0.3 is 0 Å². The van der Waals surface area contributed by atoms with Gasteiger partial charge in [0.25, 0.3) is 0 Å². The van der Waals surface area contributed by atoms with Crippen LogP contribution in [0.5, 0.6) is 0 Å². The van der Waals surface area contributed by atoms with Crippen molar-refractivity contribution in [1.82, 2.24) is 15.2 Å². The van der Waals surface area contributed by atoms with E-state index >= 15 is 0 Å². The smallest absolute Gasteiger partial charge is 0.156 e. The average Bonchev–Trinajstić information content (AvgIpc) is 2.62. The van der Waals surface area contributed by atoms with Crippen LogP contribution in [0.2, 0.25) is 0 Å². The number of nitrogens with one attached hydrogen (secondary N) is 1. The van der Waals surface area contributed by atoms with Gasteiger partial charge >= 0.3 is 0 Å². The van der Waals surface area contributed by atoms with Crippen molar-refractivity contribution in [3.8, 4) is 11.4 Å². The van der Waals surface area contributed by atoms with Crippen molar-refractivity contribution in [3.05, 3.63) is 33.7 Å². The Labute approximate surface area is 89.7 Å². The summed E-state index contributed by atoms with van der Waals surface area (Å²) in [6.45, 7) is 2.08. The van der Waals surface area contributed by atoms with Crippen molar-refractivity contribution in [2.45, 2.75) is 6.92 Å². The highest BCUT2D eigenvalue weighted by Crippen LogP contribution is 2.23. The molecule has 0 fully saturated rings. The van der Waals surface area contributed by atoms with E-state index in [-0.39, 0.29) is 0 Å². The largest absolute Gasteiger partial charge is 0.259 e. The summed E-state index contributed by atoms with van der Waals surface area (Å²) in [7, 11) is 0. The van der Waals surface area contributed by atoms with Crippen LogP contribution < -0.4 is 0 Å². The minimum absolute atomic E-state index is 0.827. The number of hydrogen-bond acceptors (Lipinski definition) is 2. The van der Waals surface area contributed by atoms with Gasteiger partial charge in [-0.2, -0.15) is 5.10 Å². The molecule has 1 N–H and O–H groups in total. The van der Waals surface area contributed by atoms with Crippen LogP contribution in [0.3, 0.4) is 0 Å². The van der Waals surface area contributed by atoms with Gasteiger partial charge in [0.2, 0.25) is 0 Å². The Bertz CT molecular complexity index is 409. The van der Waals surface area contributed by atoms with E-state index in [1.165, 1.54) is 15.5 Å². The predicted octanol–water partition coefficient (Wildman–Crippen LogP) is 2.38. The van der Waals surface area contributed by atoms with Gasteiger partial charge in [0.05, 0.1) is 0 Å². The third-order valence-corrected chi connectivity index (χ3v) is 3.29. The molecule has 0 aliphatic carbocycles. The first kappa shape index (κ1) is 8.68. The molecule has 2 aromatic rings. The molecule has 0 radical (unpaired) electrons. The van der Waals surface area contributed by atoms with Crippen molar-refractivity contribution < 1.29 is 0 Å². The third kappa shape index (κ3) is 1.58. The lowest BCUT2D eigenvalue weighted by atomic mass is 10.1. The second-order valence-electron chi connectivity index (χ2n) is 2.77. The Kier molecular flexibility index (Phi) is 2.30. The van der Waals surface area contributed by atoms with E-state index in [9.17, 15) is 0 Å². The van der Waals surface area contributed by atoms with Gasteiger partial charge in [0, 0.05) is 9.13 Å². The van der Waals surface area contributed by atoms with Gasteiger partial charge in [-0.1, -0.05) is 18.2 Å². The first-order valence-corrected chi connectivity index (χ1v) is 4.98. The van der Waals surface area contributed by atoms with E-state index in [2.05, 4.69) is 50.8 Å². The molecule has 0 saturated heterocycles. The number of aryl methyl sites for hydroxylation is 1. The quantitative estimate of drug-likeness (QED) is 0.817. The highest BCUT2D eigenvalue weighted by molar-refractivity contribution is 14.1. The molecule has 2 rings (SSSR count). The topological polar surface area (TPSA) is 41.6 Å². The van der Waals surface area contributed by atoms with Gasteiger partial charge in [-0.15, -0.1) is 0 Å². The molecule has 1 heterocycles. The summed E-state index contributed by atoms with van der Waals surface area (Å²) in [6.07, 6.45) is 1.52. The maximum atomic E-state index is 4.12. The molecule has 0 spiro atoms. The number of H-pyrrole nitrogens is 1. The number of halogens is 1. The van der Waals surface area contributed by atoms with Crippen molar-refractivity contribution >= 4 is 22.6 Å². The van der Waals surface area contributed by atoms with Crippen molar-refractivity contribution in [2.24, 2.45) is 0 Å². The summed E-state index contributed by atoms with van der Waals surface area (Å²) < 4.78 is 1.22. The number of nitrogens with zero attached hydrogens (tertiary/aromatic N) is 2. The summed E-state index contributed by atoms with van der Waals surface area (Å²) in [5.74, 6) is 0.827. The Morgan fingerprint density at radius 1 is 1.38 bits per heavy atom. The van der Waals surface area contributed by atoms with Gasteiger partial charge in [-0.05, 0) is 35.1 Å². The number of hydrogen-bond donors (Lipinski definition) is 1. The molecule has 4 heteroatoms. The van der Waals surface area contributed by atoms with E-state index in [4.69, 9.17) is 0 Å². The van der Waals surface area contributed by atoms with Gasteiger partial charge in [-0.3, -0.25) is 5.10 Å². The molecule has 0 saturated carbocycles. The maximum absolute atomic E-state index is 4.12. The van der Waals surface area contributed by atoms with E-state index < -0.39 is 0 Å². The van der Waals surface area contributed by atoms with Gasteiger partial charge in [0.15, 0.2) is 5.82 Å². The Balaban J connectivity index is 2.59. The lowest BCUT2D eigenvalue weighted by molar-refractivity contribution is 1.09. The molecule has 0 bridgehead atoms. The fraction of sp³-hybridized carbons (Fsp3) is 0.111. The van der Waals surface area contributed by atoms with E-state index in [1.807, 2.05) is 12.1 Å². The normalized spacial score (nSPS) is 10.3. The lowest BCUT2D eigenvalue weighted by Crippen LogP contribution is -1.88. The first-order valence-electron chi connectivity index (χ1n) is 3.90. The van der Waals surface area contributed by atoms with Crippen molar-refractivity contribution in [2.75, 3.05) is 0 Å². The Morgan fingerprint density at radius 3 is 2.92 bits per heavy atom. The number of aromatic amines is 1. The SMILES string of the molecule is Cc1cccc(-c2ncn[nH]2)c1I. The number of benzene rings is 1. The lowest BCUT2D eigenvalue weighted by Gasteiger charge is -2.02. The molecule has 0 atom stereocenters. The van der Waals surface area contributed by atoms with E-state index in [0.29, 0.717) is 0 Å². The third-order valence-electron chi connectivity index (χ3n) is 1.86. The molecule has 13 heavy (non-hydrogen) atoms. The highest BCUT2D eigenvalue weighted by atomic mass is 127. The van der Waals surface area contributed by atoms with Crippen LogP contribution >= 0.6 is 22.6 Å². The molecular formula is C9H8IN3. The van der Waals surface area contributed by atoms with Crippen LogP contribution in [0, 0.1) is 10.5 Å². The van der Waals surface area contributed by atoms with Crippen LogP contribution in [0.4, 0.5) is 0 Å². The molecule has 1 aromatic carbocycles. The zero-order chi connectivity index (χ0) is 9.26. The minimum atomic E-state index is 0.827. The molecule has 0 unspecified atom stereocenters. The summed E-state index contributed by atoms with van der Waals surface area (Å²) in [6, 6.07) is 6.15. The van der Waals surface area contributed by atoms with E-state index in [0.717, 1.165) is 11.4 Å². The van der Waals surface area contributed by atoms with Crippen LogP contribution in [-0.4, -0.2) is 15.2 Å². The summed E-state index contributed by atoms with van der Waals surface area (Å²) in [5.41, 5.74) is 2.37. The number of aromatic nitrogens is 3. The maximum Gasteiger partial charge on any atom is 0.156 e. The molecule has 66 valence electrons.